The van der Waals surface area contributed by atoms with Gasteiger partial charge in [-0.25, -0.2) is 4.39 Å². The lowest BCUT2D eigenvalue weighted by Gasteiger charge is -2.29. The highest BCUT2D eigenvalue weighted by Crippen LogP contribution is 2.42. The van der Waals surface area contributed by atoms with Crippen LogP contribution in [0.5, 0.6) is 0 Å². The Morgan fingerprint density at radius 2 is 1.94 bits per heavy atom. The van der Waals surface area contributed by atoms with Gasteiger partial charge >= 0.3 is 0 Å². The molecular weight excluding hydrogens is 213 g/mol. The Morgan fingerprint density at radius 3 is 2.47 bits per heavy atom. The topological polar surface area (TPSA) is 3.24 Å². The average molecular weight is 231 g/mol. The second kappa shape index (κ2) is 3.95. The van der Waals surface area contributed by atoms with Gasteiger partial charge in [-0.15, -0.1) is 0 Å². The fourth-order valence-electron chi connectivity index (χ4n) is 3.19. The molecule has 2 aliphatic rings. The summed E-state index contributed by atoms with van der Waals surface area (Å²) in [4.78, 5) is 2.55. The van der Waals surface area contributed by atoms with Gasteiger partial charge in [-0.05, 0) is 49.5 Å². The van der Waals surface area contributed by atoms with Crippen molar-refractivity contribution in [1.29, 1.82) is 0 Å². The van der Waals surface area contributed by atoms with E-state index >= 15 is 0 Å². The first kappa shape index (κ1) is 11.0. The molecule has 90 valence electrons. The molecule has 0 aromatic heterocycles. The molecule has 0 amide bonds. The number of rotatable bonds is 2. The standard InChI is InChI=1S/C15H18FN/c1-10(2)17-9-12-7-14(17)8-15(12)11-3-5-13(16)6-4-11/h3-6,8,10,12,14H,7,9H2,1-2H3. The second-order valence-corrected chi connectivity index (χ2v) is 5.42. The molecule has 1 aromatic rings. The first-order valence-corrected chi connectivity index (χ1v) is 6.38. The molecule has 1 saturated heterocycles. The molecular formula is C15H18FN. The number of halogens is 1. The predicted octanol–water partition coefficient (Wildman–Crippen LogP) is 3.32. The van der Waals surface area contributed by atoms with E-state index in [0.717, 1.165) is 6.54 Å². The normalized spacial score (nSPS) is 27.9. The lowest BCUT2D eigenvalue weighted by atomic mass is 9.95. The lowest BCUT2D eigenvalue weighted by molar-refractivity contribution is 0.227. The SMILES string of the molecule is CC(C)N1CC2CC1C=C2c1ccc(F)cc1. The minimum absolute atomic E-state index is 0.152. The maximum atomic E-state index is 12.9. The molecule has 3 rings (SSSR count). The van der Waals surface area contributed by atoms with Gasteiger partial charge in [0.25, 0.3) is 0 Å². The largest absolute Gasteiger partial charge is 0.294 e. The highest BCUT2D eigenvalue weighted by Gasteiger charge is 2.39. The van der Waals surface area contributed by atoms with E-state index in [4.69, 9.17) is 0 Å². The van der Waals surface area contributed by atoms with Gasteiger partial charge in [0.15, 0.2) is 0 Å². The fourth-order valence-corrected chi connectivity index (χ4v) is 3.19. The van der Waals surface area contributed by atoms with E-state index in [2.05, 4.69) is 24.8 Å². The van der Waals surface area contributed by atoms with E-state index in [1.165, 1.54) is 17.6 Å². The molecule has 0 N–H and O–H groups in total. The van der Waals surface area contributed by atoms with Gasteiger partial charge in [0.2, 0.25) is 0 Å². The fraction of sp³-hybridized carbons (Fsp3) is 0.467. The summed E-state index contributed by atoms with van der Waals surface area (Å²) in [5, 5.41) is 0. The monoisotopic (exact) mass is 231 g/mol. The van der Waals surface area contributed by atoms with Crippen molar-refractivity contribution < 1.29 is 4.39 Å². The highest BCUT2D eigenvalue weighted by atomic mass is 19.1. The van der Waals surface area contributed by atoms with Crippen LogP contribution in [0.15, 0.2) is 30.3 Å². The van der Waals surface area contributed by atoms with Crippen LogP contribution in [0.1, 0.15) is 25.8 Å². The highest BCUT2D eigenvalue weighted by molar-refractivity contribution is 5.71. The molecule has 0 spiro atoms. The molecule has 1 heterocycles. The summed E-state index contributed by atoms with van der Waals surface area (Å²) in [6, 6.07) is 8.14. The van der Waals surface area contributed by atoms with E-state index in [9.17, 15) is 4.39 Å². The number of hydrogen-bond acceptors (Lipinski definition) is 1. The van der Waals surface area contributed by atoms with E-state index in [1.807, 2.05) is 12.1 Å². The van der Waals surface area contributed by atoms with Gasteiger partial charge in [-0.2, -0.15) is 0 Å². The molecule has 1 fully saturated rings. The van der Waals surface area contributed by atoms with Crippen LogP contribution in [-0.4, -0.2) is 23.5 Å². The van der Waals surface area contributed by atoms with Gasteiger partial charge < -0.3 is 0 Å². The number of nitrogens with zero attached hydrogens (tertiary/aromatic N) is 1. The maximum Gasteiger partial charge on any atom is 0.123 e. The molecule has 1 aromatic carbocycles. The van der Waals surface area contributed by atoms with Crippen molar-refractivity contribution in [2.75, 3.05) is 6.54 Å². The minimum atomic E-state index is -0.152. The Labute approximate surface area is 102 Å². The summed E-state index contributed by atoms with van der Waals surface area (Å²) in [5.41, 5.74) is 2.62. The molecule has 2 bridgehead atoms. The quantitative estimate of drug-likeness (QED) is 0.754. The van der Waals surface area contributed by atoms with Gasteiger partial charge in [-0.3, -0.25) is 4.90 Å². The lowest BCUT2D eigenvalue weighted by Crippen LogP contribution is -2.36. The number of fused-ring (bicyclic) bond motifs is 2. The summed E-state index contributed by atoms with van der Waals surface area (Å²) in [6.45, 7) is 5.67. The van der Waals surface area contributed by atoms with Gasteiger partial charge in [0, 0.05) is 18.6 Å². The first-order chi connectivity index (χ1) is 8.15. The molecule has 1 aliphatic heterocycles. The number of hydrogen-bond donors (Lipinski definition) is 0. The third-order valence-electron chi connectivity index (χ3n) is 4.04. The molecule has 2 unspecified atom stereocenters. The number of likely N-dealkylation sites (tertiary alicyclic amines) is 1. The van der Waals surface area contributed by atoms with E-state index in [1.54, 1.807) is 12.1 Å². The Kier molecular flexibility index (Phi) is 2.55. The van der Waals surface area contributed by atoms with Crippen molar-refractivity contribution in [1.82, 2.24) is 4.90 Å². The van der Waals surface area contributed by atoms with Crippen LogP contribution in [0, 0.1) is 11.7 Å². The minimum Gasteiger partial charge on any atom is -0.294 e. The Hall–Kier alpha value is -1.15. The molecule has 1 nitrogen and oxygen atoms in total. The van der Waals surface area contributed by atoms with Crippen molar-refractivity contribution >= 4 is 5.57 Å². The van der Waals surface area contributed by atoms with Gasteiger partial charge in [0.05, 0.1) is 0 Å². The van der Waals surface area contributed by atoms with Crippen LogP contribution in [0.4, 0.5) is 4.39 Å². The molecule has 0 radical (unpaired) electrons. The van der Waals surface area contributed by atoms with Gasteiger partial charge in [0.1, 0.15) is 5.82 Å². The zero-order chi connectivity index (χ0) is 12.0. The number of benzene rings is 1. The van der Waals surface area contributed by atoms with E-state index in [-0.39, 0.29) is 5.82 Å². The second-order valence-electron chi connectivity index (χ2n) is 5.42. The Balaban J connectivity index is 1.86. The van der Waals surface area contributed by atoms with Crippen LogP contribution >= 0.6 is 0 Å². The Bertz CT molecular complexity index is 446. The van der Waals surface area contributed by atoms with E-state index in [0.29, 0.717) is 18.0 Å². The molecule has 17 heavy (non-hydrogen) atoms. The van der Waals surface area contributed by atoms with Crippen molar-refractivity contribution in [3.8, 4) is 0 Å². The summed E-state index contributed by atoms with van der Waals surface area (Å²) in [6.07, 6.45) is 3.62. The third-order valence-corrected chi connectivity index (χ3v) is 4.04. The van der Waals surface area contributed by atoms with Gasteiger partial charge in [-0.1, -0.05) is 18.2 Å². The van der Waals surface area contributed by atoms with Crippen molar-refractivity contribution in [2.24, 2.45) is 5.92 Å². The van der Waals surface area contributed by atoms with Crippen LogP contribution < -0.4 is 0 Å². The summed E-state index contributed by atoms with van der Waals surface area (Å²) >= 11 is 0. The zero-order valence-electron chi connectivity index (χ0n) is 10.4. The van der Waals surface area contributed by atoms with Crippen LogP contribution in [0.3, 0.4) is 0 Å². The molecule has 2 heteroatoms. The summed E-state index contributed by atoms with van der Waals surface area (Å²) in [7, 11) is 0. The molecule has 1 aliphatic carbocycles. The zero-order valence-corrected chi connectivity index (χ0v) is 10.4. The smallest absolute Gasteiger partial charge is 0.123 e. The van der Waals surface area contributed by atoms with Crippen molar-refractivity contribution in [3.05, 3.63) is 41.7 Å². The maximum absolute atomic E-state index is 12.9. The van der Waals surface area contributed by atoms with Crippen LogP contribution in [-0.2, 0) is 0 Å². The third kappa shape index (κ3) is 1.81. The molecule has 2 atom stereocenters. The summed E-state index contributed by atoms with van der Waals surface area (Å²) < 4.78 is 12.9. The predicted molar refractivity (Wildman–Crippen MR) is 68.1 cm³/mol. The van der Waals surface area contributed by atoms with E-state index < -0.39 is 0 Å². The molecule has 0 saturated carbocycles. The van der Waals surface area contributed by atoms with Crippen molar-refractivity contribution in [2.45, 2.75) is 32.4 Å². The first-order valence-electron chi connectivity index (χ1n) is 6.38. The van der Waals surface area contributed by atoms with Crippen LogP contribution in [0.25, 0.3) is 5.57 Å². The Morgan fingerprint density at radius 1 is 1.24 bits per heavy atom. The van der Waals surface area contributed by atoms with Crippen molar-refractivity contribution in [3.63, 3.8) is 0 Å². The average Bonchev–Trinajstić information content (AvgIpc) is 2.89. The van der Waals surface area contributed by atoms with Crippen LogP contribution in [0.2, 0.25) is 0 Å². The summed E-state index contributed by atoms with van der Waals surface area (Å²) in [5.74, 6) is 0.495.